The predicted molar refractivity (Wildman–Crippen MR) is 173 cm³/mol. The highest BCUT2D eigenvalue weighted by Crippen LogP contribution is 2.42. The maximum Gasteiger partial charge on any atom is 0.261 e. The van der Waals surface area contributed by atoms with Crippen molar-refractivity contribution in [1.29, 1.82) is 0 Å². The summed E-state index contributed by atoms with van der Waals surface area (Å²) in [6.07, 6.45) is 1.08. The molecule has 7 heteroatoms. The van der Waals surface area contributed by atoms with Gasteiger partial charge in [0.15, 0.2) is 6.29 Å². The van der Waals surface area contributed by atoms with E-state index >= 15 is 0 Å². The predicted octanol–water partition coefficient (Wildman–Crippen LogP) is 6.55. The standard InChI is InChI=1S/C38H38N2O5/c1-4-20-39(3)23-34-25(2)35(29-14-12-26(24-41)13-15-29)45-38(44-34)30-18-16-28(17-19-30)31-9-7-8-27(21-31)22-40-36(42)32-10-5-6-11-33(32)37(40)43/h4-19,21,25,34-35,38,41H,1,20,22-24H2,2-3H3/t25-,34+,35+,38+/m1/s1. The van der Waals surface area contributed by atoms with Crippen molar-refractivity contribution >= 4 is 11.8 Å². The number of likely N-dealkylation sites (N-methyl/N-ethyl adjacent to an activating group) is 1. The van der Waals surface area contributed by atoms with Crippen LogP contribution in [0.25, 0.3) is 11.1 Å². The molecule has 0 spiro atoms. The summed E-state index contributed by atoms with van der Waals surface area (Å²) in [7, 11) is 2.06. The summed E-state index contributed by atoms with van der Waals surface area (Å²) in [5.41, 5.74) is 6.61. The Kier molecular flexibility index (Phi) is 9.05. The van der Waals surface area contributed by atoms with Crippen LogP contribution in [0.15, 0.2) is 110 Å². The minimum atomic E-state index is -0.556. The number of aliphatic hydroxyl groups is 1. The fourth-order valence-electron chi connectivity index (χ4n) is 6.18. The molecule has 0 bridgehead atoms. The molecular weight excluding hydrogens is 564 g/mol. The molecule has 0 unspecified atom stereocenters. The van der Waals surface area contributed by atoms with E-state index in [1.807, 2.05) is 78.9 Å². The smallest absolute Gasteiger partial charge is 0.261 e. The first-order valence-corrected chi connectivity index (χ1v) is 15.3. The molecule has 0 aromatic heterocycles. The summed E-state index contributed by atoms with van der Waals surface area (Å²) < 4.78 is 13.2. The maximum absolute atomic E-state index is 12.9. The van der Waals surface area contributed by atoms with Crippen molar-refractivity contribution < 1.29 is 24.2 Å². The fraction of sp³-hybridized carbons (Fsp3) is 0.263. The van der Waals surface area contributed by atoms with Gasteiger partial charge in [0.25, 0.3) is 11.8 Å². The number of hydrogen-bond donors (Lipinski definition) is 1. The van der Waals surface area contributed by atoms with Crippen LogP contribution in [0, 0.1) is 5.92 Å². The third-order valence-electron chi connectivity index (χ3n) is 8.72. The van der Waals surface area contributed by atoms with Gasteiger partial charge in [-0.05, 0) is 53.1 Å². The Morgan fingerprint density at radius 3 is 2.13 bits per heavy atom. The van der Waals surface area contributed by atoms with Crippen LogP contribution >= 0.6 is 0 Å². The van der Waals surface area contributed by atoms with Crippen LogP contribution in [0.2, 0.25) is 0 Å². The minimum absolute atomic E-state index is 0.0000899. The number of hydrogen-bond acceptors (Lipinski definition) is 6. The molecule has 4 aromatic carbocycles. The lowest BCUT2D eigenvalue weighted by Gasteiger charge is -2.42. The van der Waals surface area contributed by atoms with Gasteiger partial charge in [-0.2, -0.15) is 0 Å². The van der Waals surface area contributed by atoms with Crippen molar-refractivity contribution in [3.63, 3.8) is 0 Å². The van der Waals surface area contributed by atoms with Crippen LogP contribution in [0.4, 0.5) is 0 Å². The van der Waals surface area contributed by atoms with Gasteiger partial charge in [0.05, 0.1) is 36.5 Å². The Balaban J connectivity index is 1.21. The van der Waals surface area contributed by atoms with Crippen molar-refractivity contribution in [3.8, 4) is 11.1 Å². The highest BCUT2D eigenvalue weighted by atomic mass is 16.7. The molecule has 45 heavy (non-hydrogen) atoms. The number of benzene rings is 4. The molecule has 230 valence electrons. The number of fused-ring (bicyclic) bond motifs is 1. The van der Waals surface area contributed by atoms with Crippen LogP contribution in [-0.2, 0) is 22.6 Å². The van der Waals surface area contributed by atoms with Gasteiger partial charge in [-0.1, -0.05) is 91.9 Å². The van der Waals surface area contributed by atoms with Gasteiger partial charge >= 0.3 is 0 Å². The van der Waals surface area contributed by atoms with E-state index in [4.69, 9.17) is 9.47 Å². The molecule has 4 aromatic rings. The second kappa shape index (κ2) is 13.3. The average molecular weight is 603 g/mol. The van der Waals surface area contributed by atoms with Gasteiger partial charge in [-0.3, -0.25) is 14.5 Å². The van der Waals surface area contributed by atoms with Crippen LogP contribution in [0.5, 0.6) is 0 Å². The first-order chi connectivity index (χ1) is 21.9. The van der Waals surface area contributed by atoms with E-state index in [0.717, 1.165) is 46.5 Å². The summed E-state index contributed by atoms with van der Waals surface area (Å²) in [5.74, 6) is -0.426. The van der Waals surface area contributed by atoms with Crippen LogP contribution in [-0.4, -0.2) is 53.0 Å². The minimum Gasteiger partial charge on any atom is -0.392 e. The fourth-order valence-corrected chi connectivity index (χ4v) is 6.18. The molecule has 6 rings (SSSR count). The van der Waals surface area contributed by atoms with Crippen molar-refractivity contribution in [2.75, 3.05) is 20.1 Å². The quantitative estimate of drug-likeness (QED) is 0.164. The molecule has 0 aliphatic carbocycles. The van der Waals surface area contributed by atoms with Gasteiger partial charge in [-0.25, -0.2) is 0 Å². The Morgan fingerprint density at radius 1 is 0.822 bits per heavy atom. The highest BCUT2D eigenvalue weighted by Gasteiger charge is 2.39. The third kappa shape index (κ3) is 6.39. The van der Waals surface area contributed by atoms with Crippen LogP contribution in [0.3, 0.4) is 0 Å². The number of amides is 2. The molecule has 1 saturated heterocycles. The Bertz CT molecular complexity index is 1650. The lowest BCUT2D eigenvalue weighted by Crippen LogP contribution is -2.43. The average Bonchev–Trinajstić information content (AvgIpc) is 3.31. The Hall–Kier alpha value is -4.40. The van der Waals surface area contributed by atoms with Gasteiger partial charge in [0.2, 0.25) is 0 Å². The van der Waals surface area contributed by atoms with Crippen molar-refractivity contribution in [3.05, 3.63) is 143 Å². The zero-order valence-corrected chi connectivity index (χ0v) is 25.6. The first kappa shape index (κ1) is 30.6. The molecule has 2 aliphatic heterocycles. The summed E-state index contributed by atoms with van der Waals surface area (Å²) in [4.78, 5) is 29.3. The van der Waals surface area contributed by atoms with Gasteiger partial charge in [0, 0.05) is 24.6 Å². The zero-order valence-electron chi connectivity index (χ0n) is 25.6. The lowest BCUT2D eigenvalue weighted by molar-refractivity contribution is -0.275. The molecule has 2 aliphatic rings. The number of nitrogens with zero attached hydrogens (tertiary/aromatic N) is 2. The molecule has 0 radical (unpaired) electrons. The summed E-state index contributed by atoms with van der Waals surface area (Å²) in [6, 6.07) is 31.0. The highest BCUT2D eigenvalue weighted by molar-refractivity contribution is 6.21. The van der Waals surface area contributed by atoms with E-state index in [-0.39, 0.29) is 43.1 Å². The maximum atomic E-state index is 12.9. The Morgan fingerprint density at radius 2 is 1.49 bits per heavy atom. The molecule has 2 heterocycles. The van der Waals surface area contributed by atoms with Crippen molar-refractivity contribution in [1.82, 2.24) is 9.80 Å². The molecule has 1 fully saturated rings. The number of carbonyl (C=O) groups is 2. The summed E-state index contributed by atoms with van der Waals surface area (Å²) >= 11 is 0. The molecule has 1 N–H and O–H groups in total. The largest absolute Gasteiger partial charge is 0.392 e. The third-order valence-corrected chi connectivity index (χ3v) is 8.72. The summed E-state index contributed by atoms with van der Waals surface area (Å²) in [5, 5.41) is 9.52. The van der Waals surface area contributed by atoms with Crippen LogP contribution < -0.4 is 0 Å². The number of carbonyl (C=O) groups excluding carboxylic acids is 2. The van der Waals surface area contributed by atoms with Gasteiger partial charge in [-0.15, -0.1) is 6.58 Å². The van der Waals surface area contributed by atoms with E-state index in [1.54, 1.807) is 24.3 Å². The second-order valence-corrected chi connectivity index (χ2v) is 11.9. The monoisotopic (exact) mass is 602 g/mol. The van der Waals surface area contributed by atoms with Gasteiger partial charge < -0.3 is 19.5 Å². The van der Waals surface area contributed by atoms with E-state index < -0.39 is 6.29 Å². The van der Waals surface area contributed by atoms with E-state index in [1.165, 1.54) is 4.90 Å². The number of imide groups is 1. The first-order valence-electron chi connectivity index (χ1n) is 15.3. The molecular formula is C38H38N2O5. The van der Waals surface area contributed by atoms with Crippen LogP contribution in [0.1, 0.15) is 62.3 Å². The van der Waals surface area contributed by atoms with Gasteiger partial charge in [0.1, 0.15) is 0 Å². The molecule has 0 saturated carbocycles. The zero-order chi connectivity index (χ0) is 31.5. The number of rotatable bonds is 10. The van der Waals surface area contributed by atoms with Crippen molar-refractivity contribution in [2.24, 2.45) is 5.92 Å². The van der Waals surface area contributed by atoms with Crippen molar-refractivity contribution in [2.45, 2.75) is 38.6 Å². The van der Waals surface area contributed by atoms with E-state index in [2.05, 4.69) is 25.5 Å². The number of ether oxygens (including phenoxy) is 2. The van der Waals surface area contributed by atoms with E-state index in [0.29, 0.717) is 11.1 Å². The number of aliphatic hydroxyl groups excluding tert-OH is 1. The van der Waals surface area contributed by atoms with E-state index in [9.17, 15) is 14.7 Å². The second-order valence-electron chi connectivity index (χ2n) is 11.9. The Labute approximate surface area is 264 Å². The summed E-state index contributed by atoms with van der Waals surface area (Å²) in [6.45, 7) is 7.73. The lowest BCUT2D eigenvalue weighted by atomic mass is 9.90. The SMILES string of the molecule is C=CCN(C)C[C@@H]1O[C@H](c2ccc(-c3cccc(CN4C(=O)c5ccccc5C4=O)c3)cc2)O[C@H](c2ccc(CO)cc2)[C@@H]1C. The molecule has 7 nitrogen and oxygen atoms in total. The topological polar surface area (TPSA) is 79.3 Å². The molecule has 4 atom stereocenters. The molecule has 2 amide bonds. The normalized spacial score (nSPS) is 21.3.